The van der Waals surface area contributed by atoms with Gasteiger partial charge in [-0.25, -0.2) is 4.98 Å². The molecule has 1 aromatic carbocycles. The Morgan fingerprint density at radius 3 is 3.05 bits per heavy atom. The fraction of sp³-hybridized carbons (Fsp3) is 0.467. The van der Waals surface area contributed by atoms with Crippen molar-refractivity contribution in [2.24, 2.45) is 0 Å². The summed E-state index contributed by atoms with van der Waals surface area (Å²) in [5.41, 5.74) is 2.02. The van der Waals surface area contributed by atoms with Gasteiger partial charge in [0.05, 0.1) is 17.1 Å². The summed E-state index contributed by atoms with van der Waals surface area (Å²) in [4.78, 5) is 19.7. The molecule has 1 amide bonds. The van der Waals surface area contributed by atoms with Crippen LogP contribution in [0.5, 0.6) is 0 Å². The summed E-state index contributed by atoms with van der Waals surface area (Å²) in [6.45, 7) is 1.57. The van der Waals surface area contributed by atoms with E-state index < -0.39 is 0 Å². The molecule has 2 heterocycles. The molecule has 20 heavy (non-hydrogen) atoms. The third-order valence-corrected chi connectivity index (χ3v) is 3.73. The average Bonchev–Trinajstić information content (AvgIpc) is 2.90. The molecule has 0 bridgehead atoms. The van der Waals surface area contributed by atoms with Crippen LogP contribution in [-0.4, -0.2) is 35.0 Å². The Bertz CT molecular complexity index is 553. The molecule has 0 unspecified atom stereocenters. The second-order valence-corrected chi connectivity index (χ2v) is 5.24. The fourth-order valence-corrected chi connectivity index (χ4v) is 2.63. The molecule has 5 heteroatoms. The number of benzene rings is 1. The van der Waals surface area contributed by atoms with Gasteiger partial charge in [0.1, 0.15) is 5.82 Å². The Morgan fingerprint density at radius 1 is 1.35 bits per heavy atom. The van der Waals surface area contributed by atoms with E-state index in [1.807, 2.05) is 24.3 Å². The SMILES string of the molecule is O=C(NCCc1nc2ccccc2[nH]1)[C@H]1CCCCN1. The first-order valence-electron chi connectivity index (χ1n) is 7.27. The average molecular weight is 272 g/mol. The minimum Gasteiger partial charge on any atom is -0.354 e. The van der Waals surface area contributed by atoms with Crippen molar-refractivity contribution in [2.75, 3.05) is 13.1 Å². The molecule has 1 atom stereocenters. The van der Waals surface area contributed by atoms with Gasteiger partial charge in [-0.1, -0.05) is 18.6 Å². The maximum absolute atomic E-state index is 12.0. The van der Waals surface area contributed by atoms with Crippen molar-refractivity contribution in [3.8, 4) is 0 Å². The molecule has 0 radical (unpaired) electrons. The fourth-order valence-electron chi connectivity index (χ4n) is 2.63. The second kappa shape index (κ2) is 6.05. The molecule has 1 aliphatic heterocycles. The third-order valence-electron chi connectivity index (χ3n) is 3.73. The number of carbonyl (C=O) groups excluding carboxylic acids is 1. The summed E-state index contributed by atoms with van der Waals surface area (Å²) in [6.07, 6.45) is 3.97. The zero-order valence-corrected chi connectivity index (χ0v) is 11.5. The van der Waals surface area contributed by atoms with Crippen molar-refractivity contribution in [2.45, 2.75) is 31.7 Å². The number of aromatic nitrogens is 2. The highest BCUT2D eigenvalue weighted by Crippen LogP contribution is 2.10. The number of para-hydroxylation sites is 2. The molecule has 1 aromatic heterocycles. The van der Waals surface area contributed by atoms with Gasteiger partial charge in [0, 0.05) is 13.0 Å². The van der Waals surface area contributed by atoms with Gasteiger partial charge in [-0.15, -0.1) is 0 Å². The summed E-state index contributed by atoms with van der Waals surface area (Å²) in [6, 6.07) is 7.94. The van der Waals surface area contributed by atoms with Gasteiger partial charge in [-0.2, -0.15) is 0 Å². The summed E-state index contributed by atoms with van der Waals surface area (Å²) >= 11 is 0. The zero-order chi connectivity index (χ0) is 13.8. The van der Waals surface area contributed by atoms with Crippen molar-refractivity contribution in [1.29, 1.82) is 0 Å². The minimum absolute atomic E-state index is 0.0144. The van der Waals surface area contributed by atoms with Gasteiger partial charge in [0.15, 0.2) is 0 Å². The number of hydrogen-bond donors (Lipinski definition) is 3. The lowest BCUT2D eigenvalue weighted by Crippen LogP contribution is -2.47. The number of amides is 1. The standard InChI is InChI=1S/C15H20N4O/c20-15(13-7-3-4-9-16-13)17-10-8-14-18-11-5-1-2-6-12(11)19-14/h1-2,5-6,13,16H,3-4,7-10H2,(H,17,20)(H,18,19)/t13-/m1/s1. The topological polar surface area (TPSA) is 69.8 Å². The van der Waals surface area contributed by atoms with Crippen molar-refractivity contribution in [3.05, 3.63) is 30.1 Å². The van der Waals surface area contributed by atoms with E-state index >= 15 is 0 Å². The Morgan fingerprint density at radius 2 is 2.25 bits per heavy atom. The number of rotatable bonds is 4. The molecule has 1 aliphatic rings. The molecule has 2 aromatic rings. The first-order valence-corrected chi connectivity index (χ1v) is 7.27. The van der Waals surface area contributed by atoms with Crippen LogP contribution in [0.15, 0.2) is 24.3 Å². The van der Waals surface area contributed by atoms with Crippen LogP contribution < -0.4 is 10.6 Å². The summed E-state index contributed by atoms with van der Waals surface area (Å²) in [7, 11) is 0. The molecule has 3 N–H and O–H groups in total. The van der Waals surface area contributed by atoms with Gasteiger partial charge >= 0.3 is 0 Å². The maximum Gasteiger partial charge on any atom is 0.237 e. The number of H-pyrrole nitrogens is 1. The monoisotopic (exact) mass is 272 g/mol. The summed E-state index contributed by atoms with van der Waals surface area (Å²) < 4.78 is 0. The number of hydrogen-bond acceptors (Lipinski definition) is 3. The van der Waals surface area contributed by atoms with Crippen LogP contribution in [0.2, 0.25) is 0 Å². The minimum atomic E-state index is -0.0144. The number of nitrogens with one attached hydrogen (secondary N) is 3. The molecule has 0 aliphatic carbocycles. The molecular weight excluding hydrogens is 252 g/mol. The third kappa shape index (κ3) is 2.99. The van der Waals surface area contributed by atoms with E-state index in [9.17, 15) is 4.79 Å². The van der Waals surface area contributed by atoms with Crippen LogP contribution in [-0.2, 0) is 11.2 Å². The van der Waals surface area contributed by atoms with Crippen LogP contribution in [0.3, 0.4) is 0 Å². The Labute approximate surface area is 118 Å². The number of fused-ring (bicyclic) bond motifs is 1. The van der Waals surface area contributed by atoms with Gasteiger partial charge in [0.25, 0.3) is 0 Å². The van der Waals surface area contributed by atoms with Crippen molar-refractivity contribution < 1.29 is 4.79 Å². The van der Waals surface area contributed by atoms with Gasteiger partial charge in [0.2, 0.25) is 5.91 Å². The quantitative estimate of drug-likeness (QED) is 0.787. The highest BCUT2D eigenvalue weighted by molar-refractivity contribution is 5.81. The normalized spacial score (nSPS) is 19.1. The van der Waals surface area contributed by atoms with E-state index in [-0.39, 0.29) is 11.9 Å². The van der Waals surface area contributed by atoms with Crippen LogP contribution in [0.4, 0.5) is 0 Å². The van der Waals surface area contributed by atoms with Crippen LogP contribution in [0.1, 0.15) is 25.1 Å². The molecule has 0 spiro atoms. The predicted molar refractivity (Wildman–Crippen MR) is 78.4 cm³/mol. The molecule has 106 valence electrons. The molecule has 0 saturated carbocycles. The highest BCUT2D eigenvalue weighted by Gasteiger charge is 2.19. The Balaban J connectivity index is 1.50. The first-order chi connectivity index (χ1) is 9.83. The van der Waals surface area contributed by atoms with Gasteiger partial charge in [-0.3, -0.25) is 4.79 Å². The number of aromatic amines is 1. The van der Waals surface area contributed by atoms with Crippen molar-refractivity contribution >= 4 is 16.9 Å². The number of carbonyl (C=O) groups is 1. The number of imidazole rings is 1. The Kier molecular flexibility index (Phi) is 3.97. The van der Waals surface area contributed by atoms with Crippen molar-refractivity contribution in [3.63, 3.8) is 0 Å². The highest BCUT2D eigenvalue weighted by atomic mass is 16.2. The summed E-state index contributed by atoms with van der Waals surface area (Å²) in [5, 5.41) is 6.24. The smallest absolute Gasteiger partial charge is 0.237 e. The lowest BCUT2D eigenvalue weighted by atomic mass is 10.0. The lowest BCUT2D eigenvalue weighted by Gasteiger charge is -2.22. The molecule has 1 saturated heterocycles. The van der Waals surface area contributed by atoms with E-state index in [2.05, 4.69) is 20.6 Å². The molecular formula is C15H20N4O. The first kappa shape index (κ1) is 13.1. The Hall–Kier alpha value is -1.88. The van der Waals surface area contributed by atoms with Crippen LogP contribution in [0.25, 0.3) is 11.0 Å². The van der Waals surface area contributed by atoms with E-state index in [0.29, 0.717) is 6.54 Å². The lowest BCUT2D eigenvalue weighted by molar-refractivity contribution is -0.123. The molecule has 5 nitrogen and oxygen atoms in total. The zero-order valence-electron chi connectivity index (χ0n) is 11.5. The van der Waals surface area contributed by atoms with E-state index in [0.717, 1.165) is 42.7 Å². The summed E-state index contributed by atoms with van der Waals surface area (Å²) in [5.74, 6) is 1.03. The van der Waals surface area contributed by atoms with E-state index in [1.54, 1.807) is 0 Å². The maximum atomic E-state index is 12.0. The van der Waals surface area contributed by atoms with E-state index in [1.165, 1.54) is 6.42 Å². The number of nitrogens with zero attached hydrogens (tertiary/aromatic N) is 1. The van der Waals surface area contributed by atoms with Crippen molar-refractivity contribution in [1.82, 2.24) is 20.6 Å². The van der Waals surface area contributed by atoms with Gasteiger partial charge < -0.3 is 15.6 Å². The molecule has 3 rings (SSSR count). The van der Waals surface area contributed by atoms with Gasteiger partial charge in [-0.05, 0) is 31.5 Å². The van der Waals surface area contributed by atoms with Crippen LogP contribution in [0, 0.1) is 0 Å². The largest absolute Gasteiger partial charge is 0.354 e. The second-order valence-electron chi connectivity index (χ2n) is 5.24. The number of piperidine rings is 1. The van der Waals surface area contributed by atoms with E-state index in [4.69, 9.17) is 0 Å². The van der Waals surface area contributed by atoms with Crippen LogP contribution >= 0.6 is 0 Å². The molecule has 1 fully saturated rings. The predicted octanol–water partition coefficient (Wildman–Crippen LogP) is 1.36.